The topological polar surface area (TPSA) is 64.7 Å². The summed E-state index contributed by atoms with van der Waals surface area (Å²) in [5, 5.41) is 9.67. The molecule has 108 valence electrons. The lowest BCUT2D eigenvalue weighted by molar-refractivity contribution is 0.0583. The van der Waals surface area contributed by atoms with E-state index in [4.69, 9.17) is 15.2 Å². The molecule has 0 spiro atoms. The SMILES string of the molecule is CCOc1cc([C@@H](N)C2CCOCC2)ccc1O.Cl. The monoisotopic (exact) mass is 287 g/mol. The highest BCUT2D eigenvalue weighted by Crippen LogP contribution is 2.33. The molecule has 1 atom stereocenters. The summed E-state index contributed by atoms with van der Waals surface area (Å²) in [6, 6.07) is 5.35. The van der Waals surface area contributed by atoms with Crippen molar-refractivity contribution in [3.05, 3.63) is 23.8 Å². The maximum Gasteiger partial charge on any atom is 0.161 e. The predicted octanol–water partition coefficient (Wildman–Crippen LogP) is 2.64. The first kappa shape index (κ1) is 16.1. The lowest BCUT2D eigenvalue weighted by atomic mass is 9.88. The Kier molecular flexibility index (Phi) is 6.42. The molecule has 0 aliphatic carbocycles. The fourth-order valence-electron chi connectivity index (χ4n) is 2.36. The van der Waals surface area contributed by atoms with E-state index in [2.05, 4.69) is 0 Å². The van der Waals surface area contributed by atoms with Gasteiger partial charge in [-0.15, -0.1) is 12.4 Å². The Labute approximate surface area is 120 Å². The molecule has 0 unspecified atom stereocenters. The highest BCUT2D eigenvalue weighted by molar-refractivity contribution is 5.85. The van der Waals surface area contributed by atoms with Crippen LogP contribution in [0.5, 0.6) is 11.5 Å². The number of nitrogens with two attached hydrogens (primary N) is 1. The van der Waals surface area contributed by atoms with Gasteiger partial charge in [0.15, 0.2) is 11.5 Å². The first-order valence-corrected chi connectivity index (χ1v) is 6.51. The number of benzene rings is 1. The van der Waals surface area contributed by atoms with E-state index in [1.807, 2.05) is 19.1 Å². The molecule has 1 heterocycles. The fraction of sp³-hybridized carbons (Fsp3) is 0.571. The van der Waals surface area contributed by atoms with Crippen molar-refractivity contribution >= 4 is 12.4 Å². The van der Waals surface area contributed by atoms with Crippen LogP contribution in [0.3, 0.4) is 0 Å². The van der Waals surface area contributed by atoms with Gasteiger partial charge in [0.1, 0.15) is 0 Å². The molecule has 0 aromatic heterocycles. The highest BCUT2D eigenvalue weighted by atomic mass is 35.5. The number of rotatable bonds is 4. The molecule has 1 aromatic rings. The first-order valence-electron chi connectivity index (χ1n) is 6.51. The lowest BCUT2D eigenvalue weighted by Gasteiger charge is -2.28. The second kappa shape index (κ2) is 7.58. The number of ether oxygens (including phenoxy) is 2. The molecule has 0 radical (unpaired) electrons. The van der Waals surface area contributed by atoms with Crippen LogP contribution in [-0.2, 0) is 4.74 Å². The van der Waals surface area contributed by atoms with Crippen molar-refractivity contribution in [2.75, 3.05) is 19.8 Å². The zero-order chi connectivity index (χ0) is 13.0. The molecular formula is C14H22ClNO3. The molecule has 1 saturated heterocycles. The third-order valence-electron chi connectivity index (χ3n) is 3.44. The van der Waals surface area contributed by atoms with Crippen LogP contribution in [0.2, 0.25) is 0 Å². The molecule has 0 amide bonds. The van der Waals surface area contributed by atoms with Gasteiger partial charge in [-0.2, -0.15) is 0 Å². The molecule has 19 heavy (non-hydrogen) atoms. The molecule has 1 aliphatic heterocycles. The summed E-state index contributed by atoms with van der Waals surface area (Å²) < 4.78 is 10.7. The summed E-state index contributed by atoms with van der Waals surface area (Å²) in [7, 11) is 0. The van der Waals surface area contributed by atoms with E-state index in [1.54, 1.807) is 6.07 Å². The van der Waals surface area contributed by atoms with Gasteiger partial charge in [-0.05, 0) is 43.4 Å². The van der Waals surface area contributed by atoms with Gasteiger partial charge in [-0.1, -0.05) is 6.07 Å². The predicted molar refractivity (Wildman–Crippen MR) is 77.0 cm³/mol. The Morgan fingerprint density at radius 3 is 2.74 bits per heavy atom. The van der Waals surface area contributed by atoms with Gasteiger partial charge in [-0.3, -0.25) is 0 Å². The maximum absolute atomic E-state index is 9.67. The van der Waals surface area contributed by atoms with E-state index in [0.717, 1.165) is 31.6 Å². The quantitative estimate of drug-likeness (QED) is 0.893. The standard InChI is InChI=1S/C14H21NO3.ClH/c1-2-18-13-9-11(3-4-12(13)16)14(15)10-5-7-17-8-6-10;/h3-4,9-10,14,16H,2,5-8,15H2,1H3;1H/t14-;/m0./s1. The van der Waals surface area contributed by atoms with E-state index in [-0.39, 0.29) is 24.2 Å². The van der Waals surface area contributed by atoms with Crippen LogP contribution in [0.1, 0.15) is 31.4 Å². The maximum atomic E-state index is 9.67. The summed E-state index contributed by atoms with van der Waals surface area (Å²) in [4.78, 5) is 0. The first-order chi connectivity index (χ1) is 8.72. The van der Waals surface area contributed by atoms with E-state index >= 15 is 0 Å². The van der Waals surface area contributed by atoms with E-state index in [0.29, 0.717) is 18.3 Å². The van der Waals surface area contributed by atoms with Crippen LogP contribution in [0, 0.1) is 5.92 Å². The third-order valence-corrected chi connectivity index (χ3v) is 3.44. The van der Waals surface area contributed by atoms with E-state index in [9.17, 15) is 5.11 Å². The normalized spacial score (nSPS) is 17.6. The lowest BCUT2D eigenvalue weighted by Crippen LogP contribution is -2.27. The third kappa shape index (κ3) is 4.00. The van der Waals surface area contributed by atoms with Crippen LogP contribution < -0.4 is 10.5 Å². The van der Waals surface area contributed by atoms with Crippen molar-refractivity contribution in [1.29, 1.82) is 0 Å². The van der Waals surface area contributed by atoms with Crippen molar-refractivity contribution < 1.29 is 14.6 Å². The molecule has 1 fully saturated rings. The number of phenols is 1. The van der Waals surface area contributed by atoms with Gasteiger partial charge >= 0.3 is 0 Å². The summed E-state index contributed by atoms with van der Waals surface area (Å²) >= 11 is 0. The van der Waals surface area contributed by atoms with Crippen LogP contribution in [-0.4, -0.2) is 24.9 Å². The zero-order valence-corrected chi connectivity index (χ0v) is 12.0. The number of halogens is 1. The molecule has 3 N–H and O–H groups in total. The minimum absolute atomic E-state index is 0. The van der Waals surface area contributed by atoms with Crippen molar-refractivity contribution in [3.8, 4) is 11.5 Å². The Morgan fingerprint density at radius 1 is 1.42 bits per heavy atom. The van der Waals surface area contributed by atoms with Gasteiger partial charge in [0.05, 0.1) is 6.61 Å². The number of hydrogen-bond donors (Lipinski definition) is 2. The Morgan fingerprint density at radius 2 is 2.11 bits per heavy atom. The molecule has 1 aliphatic rings. The van der Waals surface area contributed by atoms with Gasteiger partial charge in [0.25, 0.3) is 0 Å². The van der Waals surface area contributed by atoms with Crippen molar-refractivity contribution in [1.82, 2.24) is 0 Å². The second-order valence-electron chi connectivity index (χ2n) is 4.64. The van der Waals surface area contributed by atoms with Crippen LogP contribution >= 0.6 is 12.4 Å². The second-order valence-corrected chi connectivity index (χ2v) is 4.64. The number of hydrogen-bond acceptors (Lipinski definition) is 4. The highest BCUT2D eigenvalue weighted by Gasteiger charge is 2.23. The van der Waals surface area contributed by atoms with Crippen molar-refractivity contribution in [2.45, 2.75) is 25.8 Å². The number of aromatic hydroxyl groups is 1. The van der Waals surface area contributed by atoms with Crippen LogP contribution in [0.25, 0.3) is 0 Å². The van der Waals surface area contributed by atoms with E-state index < -0.39 is 0 Å². The van der Waals surface area contributed by atoms with Crippen molar-refractivity contribution in [3.63, 3.8) is 0 Å². The van der Waals surface area contributed by atoms with Crippen LogP contribution in [0.15, 0.2) is 18.2 Å². The summed E-state index contributed by atoms with van der Waals surface area (Å²) in [5.74, 6) is 1.12. The van der Waals surface area contributed by atoms with E-state index in [1.165, 1.54) is 0 Å². The molecule has 4 nitrogen and oxygen atoms in total. The van der Waals surface area contributed by atoms with Gasteiger partial charge in [0.2, 0.25) is 0 Å². The average Bonchev–Trinajstić information content (AvgIpc) is 2.42. The van der Waals surface area contributed by atoms with Crippen LogP contribution in [0.4, 0.5) is 0 Å². The molecule has 0 bridgehead atoms. The van der Waals surface area contributed by atoms with Gasteiger partial charge < -0.3 is 20.3 Å². The molecule has 2 rings (SSSR count). The summed E-state index contributed by atoms with van der Waals surface area (Å²) in [5.41, 5.74) is 7.31. The Bertz CT molecular complexity index is 394. The Balaban J connectivity index is 0.00000180. The van der Waals surface area contributed by atoms with Gasteiger partial charge in [0, 0.05) is 19.3 Å². The average molecular weight is 288 g/mol. The summed E-state index contributed by atoms with van der Waals surface area (Å²) in [6.07, 6.45) is 1.98. The molecule has 1 aromatic carbocycles. The Hall–Kier alpha value is -0.970. The molecule has 5 heteroatoms. The fourth-order valence-corrected chi connectivity index (χ4v) is 2.36. The van der Waals surface area contributed by atoms with Gasteiger partial charge in [-0.25, -0.2) is 0 Å². The smallest absolute Gasteiger partial charge is 0.161 e. The number of phenolic OH excluding ortho intramolecular Hbond substituents is 1. The molecular weight excluding hydrogens is 266 g/mol. The van der Waals surface area contributed by atoms with Crippen molar-refractivity contribution in [2.24, 2.45) is 11.7 Å². The minimum Gasteiger partial charge on any atom is -0.504 e. The largest absolute Gasteiger partial charge is 0.504 e. The zero-order valence-electron chi connectivity index (χ0n) is 11.2. The molecule has 0 saturated carbocycles. The minimum atomic E-state index is -0.0197. The summed E-state index contributed by atoms with van der Waals surface area (Å²) in [6.45, 7) is 4.00.